The first-order valence-electron chi connectivity index (χ1n) is 6.91. The highest BCUT2D eigenvalue weighted by Gasteiger charge is 2.12. The van der Waals surface area contributed by atoms with Crippen molar-refractivity contribution in [1.82, 2.24) is 9.78 Å². The lowest BCUT2D eigenvalue weighted by Crippen LogP contribution is -2.23. The summed E-state index contributed by atoms with van der Waals surface area (Å²) in [5.74, 6) is 0. The van der Waals surface area contributed by atoms with Crippen LogP contribution in [-0.2, 0) is 13.5 Å². The van der Waals surface area contributed by atoms with Crippen LogP contribution in [0, 0.1) is 13.8 Å². The molecule has 0 aliphatic heterocycles. The van der Waals surface area contributed by atoms with E-state index in [0.717, 1.165) is 25.0 Å². The fourth-order valence-electron chi connectivity index (χ4n) is 2.35. The summed E-state index contributed by atoms with van der Waals surface area (Å²) in [4.78, 5) is 0. The van der Waals surface area contributed by atoms with E-state index < -0.39 is 0 Å². The SMILES string of the molecule is C=CCCCCCC(N)Cc1c(C)nn(C)c1C. The lowest BCUT2D eigenvalue weighted by molar-refractivity contribution is 0.549. The van der Waals surface area contributed by atoms with Crippen molar-refractivity contribution in [1.29, 1.82) is 0 Å². The molecule has 1 aromatic rings. The van der Waals surface area contributed by atoms with Crippen molar-refractivity contribution in [2.75, 3.05) is 0 Å². The molecule has 3 heteroatoms. The van der Waals surface area contributed by atoms with Gasteiger partial charge in [0.15, 0.2) is 0 Å². The van der Waals surface area contributed by atoms with Gasteiger partial charge in [0.25, 0.3) is 0 Å². The summed E-state index contributed by atoms with van der Waals surface area (Å²) in [5, 5.41) is 4.43. The molecule has 0 aromatic carbocycles. The lowest BCUT2D eigenvalue weighted by Gasteiger charge is -2.11. The zero-order valence-electron chi connectivity index (χ0n) is 12.1. The van der Waals surface area contributed by atoms with Crippen molar-refractivity contribution in [3.05, 3.63) is 29.6 Å². The summed E-state index contributed by atoms with van der Waals surface area (Å²) < 4.78 is 1.95. The van der Waals surface area contributed by atoms with Gasteiger partial charge in [-0.25, -0.2) is 0 Å². The van der Waals surface area contributed by atoms with Crippen LogP contribution in [0.1, 0.15) is 49.1 Å². The van der Waals surface area contributed by atoms with Gasteiger partial charge >= 0.3 is 0 Å². The Morgan fingerprint density at radius 1 is 1.33 bits per heavy atom. The molecule has 0 bridgehead atoms. The summed E-state index contributed by atoms with van der Waals surface area (Å²) in [7, 11) is 1.99. The van der Waals surface area contributed by atoms with Crippen LogP contribution in [-0.4, -0.2) is 15.8 Å². The van der Waals surface area contributed by atoms with Crippen LogP contribution in [0.2, 0.25) is 0 Å². The van der Waals surface area contributed by atoms with Gasteiger partial charge in [-0.05, 0) is 45.1 Å². The number of rotatable bonds is 8. The molecule has 18 heavy (non-hydrogen) atoms. The summed E-state index contributed by atoms with van der Waals surface area (Å²) in [6.45, 7) is 7.92. The van der Waals surface area contributed by atoms with Crippen LogP contribution >= 0.6 is 0 Å². The maximum absolute atomic E-state index is 6.21. The van der Waals surface area contributed by atoms with Crippen LogP contribution in [0.3, 0.4) is 0 Å². The smallest absolute Gasteiger partial charge is 0.0628 e. The third kappa shape index (κ3) is 4.30. The zero-order valence-corrected chi connectivity index (χ0v) is 12.1. The third-order valence-electron chi connectivity index (χ3n) is 3.61. The highest BCUT2D eigenvalue weighted by atomic mass is 15.3. The fraction of sp³-hybridized carbons (Fsp3) is 0.667. The van der Waals surface area contributed by atoms with Crippen molar-refractivity contribution >= 4 is 0 Å². The molecule has 1 aromatic heterocycles. The molecule has 0 aliphatic rings. The van der Waals surface area contributed by atoms with Gasteiger partial charge in [0.05, 0.1) is 5.69 Å². The number of aryl methyl sites for hydroxylation is 2. The van der Waals surface area contributed by atoms with Gasteiger partial charge in [0.1, 0.15) is 0 Å². The van der Waals surface area contributed by atoms with Gasteiger partial charge in [-0.3, -0.25) is 4.68 Å². The average molecular weight is 249 g/mol. The van der Waals surface area contributed by atoms with Crippen molar-refractivity contribution in [2.24, 2.45) is 12.8 Å². The van der Waals surface area contributed by atoms with E-state index in [2.05, 4.69) is 25.5 Å². The Morgan fingerprint density at radius 2 is 2.06 bits per heavy atom. The topological polar surface area (TPSA) is 43.8 Å². The maximum Gasteiger partial charge on any atom is 0.0628 e. The van der Waals surface area contributed by atoms with Gasteiger partial charge in [0.2, 0.25) is 0 Å². The number of aromatic nitrogens is 2. The molecular formula is C15H27N3. The molecule has 0 radical (unpaired) electrons. The van der Waals surface area contributed by atoms with Crippen LogP contribution in [0.4, 0.5) is 0 Å². The lowest BCUT2D eigenvalue weighted by atomic mass is 9.99. The predicted octanol–water partition coefficient (Wildman–Crippen LogP) is 3.04. The van der Waals surface area contributed by atoms with E-state index >= 15 is 0 Å². The Hall–Kier alpha value is -1.09. The second kappa shape index (κ2) is 7.37. The number of nitrogens with two attached hydrogens (primary N) is 1. The van der Waals surface area contributed by atoms with Crippen LogP contribution in [0.5, 0.6) is 0 Å². The predicted molar refractivity (Wildman–Crippen MR) is 77.6 cm³/mol. The highest BCUT2D eigenvalue weighted by molar-refractivity contribution is 5.25. The van der Waals surface area contributed by atoms with Gasteiger partial charge in [-0.2, -0.15) is 5.10 Å². The quantitative estimate of drug-likeness (QED) is 0.568. The molecular weight excluding hydrogens is 222 g/mol. The normalized spacial score (nSPS) is 12.7. The van der Waals surface area contributed by atoms with E-state index in [4.69, 9.17) is 5.73 Å². The summed E-state index contributed by atoms with van der Waals surface area (Å²) in [6, 6.07) is 0.260. The average Bonchev–Trinajstić information content (AvgIpc) is 2.56. The van der Waals surface area contributed by atoms with Gasteiger partial charge in [-0.15, -0.1) is 6.58 Å². The Bertz CT molecular complexity index is 379. The molecule has 3 nitrogen and oxygen atoms in total. The molecule has 0 amide bonds. The van der Waals surface area contributed by atoms with E-state index in [1.807, 2.05) is 17.8 Å². The van der Waals surface area contributed by atoms with Gasteiger partial charge in [0, 0.05) is 18.8 Å². The monoisotopic (exact) mass is 249 g/mol. The minimum Gasteiger partial charge on any atom is -0.327 e. The maximum atomic E-state index is 6.21. The molecule has 102 valence electrons. The van der Waals surface area contributed by atoms with E-state index in [-0.39, 0.29) is 6.04 Å². The Morgan fingerprint density at radius 3 is 2.61 bits per heavy atom. The first-order chi connectivity index (χ1) is 8.56. The van der Waals surface area contributed by atoms with E-state index in [9.17, 15) is 0 Å². The second-order valence-corrected chi connectivity index (χ2v) is 5.16. The second-order valence-electron chi connectivity index (χ2n) is 5.16. The van der Waals surface area contributed by atoms with E-state index in [0.29, 0.717) is 0 Å². The Balaban J connectivity index is 2.35. The van der Waals surface area contributed by atoms with E-state index in [1.165, 1.54) is 30.5 Å². The number of allylic oxidation sites excluding steroid dienone is 1. The summed E-state index contributed by atoms with van der Waals surface area (Å²) in [5.41, 5.74) is 9.91. The van der Waals surface area contributed by atoms with Crippen LogP contribution in [0.15, 0.2) is 12.7 Å². The largest absolute Gasteiger partial charge is 0.327 e. The molecule has 1 unspecified atom stereocenters. The molecule has 1 rings (SSSR count). The van der Waals surface area contributed by atoms with E-state index in [1.54, 1.807) is 0 Å². The number of nitrogens with zero attached hydrogens (tertiary/aromatic N) is 2. The zero-order chi connectivity index (χ0) is 13.5. The summed E-state index contributed by atoms with van der Waals surface area (Å²) in [6.07, 6.45) is 8.87. The third-order valence-corrected chi connectivity index (χ3v) is 3.61. The van der Waals surface area contributed by atoms with Gasteiger partial charge < -0.3 is 5.73 Å². The number of hydrogen-bond donors (Lipinski definition) is 1. The Labute approximate surface area is 111 Å². The molecule has 2 N–H and O–H groups in total. The fourth-order valence-corrected chi connectivity index (χ4v) is 2.35. The molecule has 0 fully saturated rings. The van der Waals surface area contributed by atoms with Crippen molar-refractivity contribution in [2.45, 2.75) is 58.4 Å². The first-order valence-corrected chi connectivity index (χ1v) is 6.91. The standard InChI is InChI=1S/C15H27N3/c1-5-6-7-8-9-10-14(16)11-15-12(2)17-18(4)13(15)3/h5,14H,1,6-11,16H2,2-4H3. The summed E-state index contributed by atoms with van der Waals surface area (Å²) >= 11 is 0. The number of unbranched alkanes of at least 4 members (excludes halogenated alkanes) is 3. The van der Waals surface area contributed by atoms with Crippen LogP contribution < -0.4 is 5.73 Å². The first kappa shape index (κ1) is 15.0. The number of hydrogen-bond acceptors (Lipinski definition) is 2. The van der Waals surface area contributed by atoms with Crippen molar-refractivity contribution in [3.63, 3.8) is 0 Å². The minimum atomic E-state index is 0.260. The Kier molecular flexibility index (Phi) is 6.13. The minimum absolute atomic E-state index is 0.260. The van der Waals surface area contributed by atoms with Crippen molar-refractivity contribution < 1.29 is 0 Å². The van der Waals surface area contributed by atoms with Gasteiger partial charge in [-0.1, -0.05) is 18.9 Å². The highest BCUT2D eigenvalue weighted by Crippen LogP contribution is 2.16. The molecule has 0 spiro atoms. The molecule has 0 saturated heterocycles. The van der Waals surface area contributed by atoms with Crippen LogP contribution in [0.25, 0.3) is 0 Å². The van der Waals surface area contributed by atoms with Crippen molar-refractivity contribution in [3.8, 4) is 0 Å². The molecule has 0 aliphatic carbocycles. The molecule has 1 heterocycles. The molecule has 0 saturated carbocycles. The molecule has 1 atom stereocenters.